The summed E-state index contributed by atoms with van der Waals surface area (Å²) in [5.74, 6) is -2.22. The molecule has 1 amide bonds. The van der Waals surface area contributed by atoms with Gasteiger partial charge in [-0.25, -0.2) is 0 Å². The molecule has 0 aromatic heterocycles. The topological polar surface area (TPSA) is 86.6 Å². The molecule has 0 saturated heterocycles. The fourth-order valence-corrected chi connectivity index (χ4v) is 1.31. The van der Waals surface area contributed by atoms with Crippen LogP contribution in [0, 0.1) is 11.8 Å². The van der Waals surface area contributed by atoms with E-state index in [0.29, 0.717) is 6.42 Å². The minimum absolute atomic E-state index is 0.292. The monoisotopic (exact) mass is 229 g/mol. The predicted octanol–water partition coefficient (Wildman–Crippen LogP) is 0.373. The third-order valence-electron chi connectivity index (χ3n) is 3.41. The lowest BCUT2D eigenvalue weighted by Gasteiger charge is -2.38. The van der Waals surface area contributed by atoms with E-state index in [2.05, 4.69) is 5.32 Å². The molecule has 3 N–H and O–H groups in total. The highest BCUT2D eigenvalue weighted by molar-refractivity contribution is 5.89. The standard InChI is InChI=1S/C11H19NO4/c1-10(2,11(3,4)16)12-8(13)6-5-7(6)9(14)15/h6-7,16H,5H2,1-4H3,(H,12,13)(H,14,15)/t6-,7+/m1/s1. The number of rotatable bonds is 4. The minimum Gasteiger partial charge on any atom is -0.481 e. The van der Waals surface area contributed by atoms with Crippen LogP contribution in [0.2, 0.25) is 0 Å². The van der Waals surface area contributed by atoms with Gasteiger partial charge < -0.3 is 15.5 Å². The Morgan fingerprint density at radius 1 is 1.19 bits per heavy atom. The number of carboxylic acids is 1. The van der Waals surface area contributed by atoms with Gasteiger partial charge in [0, 0.05) is 0 Å². The van der Waals surface area contributed by atoms with Crippen LogP contribution in [0.5, 0.6) is 0 Å². The highest BCUT2D eigenvalue weighted by atomic mass is 16.4. The molecule has 0 spiro atoms. The van der Waals surface area contributed by atoms with Gasteiger partial charge >= 0.3 is 5.97 Å². The number of aliphatic hydroxyl groups is 1. The molecule has 0 aromatic carbocycles. The van der Waals surface area contributed by atoms with E-state index in [1.54, 1.807) is 27.7 Å². The maximum atomic E-state index is 11.7. The van der Waals surface area contributed by atoms with E-state index in [9.17, 15) is 14.7 Å². The molecule has 1 saturated carbocycles. The Bertz CT molecular complexity index is 316. The summed E-state index contributed by atoms with van der Waals surface area (Å²) in [6.07, 6.45) is 0.392. The summed E-state index contributed by atoms with van der Waals surface area (Å²) in [4.78, 5) is 22.3. The van der Waals surface area contributed by atoms with Crippen molar-refractivity contribution >= 4 is 11.9 Å². The number of carbonyl (C=O) groups is 2. The number of hydrogen-bond acceptors (Lipinski definition) is 3. The maximum Gasteiger partial charge on any atom is 0.307 e. The lowest BCUT2D eigenvalue weighted by Crippen LogP contribution is -2.58. The van der Waals surface area contributed by atoms with E-state index >= 15 is 0 Å². The van der Waals surface area contributed by atoms with Gasteiger partial charge in [0.05, 0.1) is 23.0 Å². The lowest BCUT2D eigenvalue weighted by atomic mass is 9.86. The van der Waals surface area contributed by atoms with Crippen molar-refractivity contribution in [3.05, 3.63) is 0 Å². The molecule has 0 aliphatic heterocycles. The Kier molecular flexibility index (Phi) is 3.02. The highest BCUT2D eigenvalue weighted by Crippen LogP contribution is 2.39. The van der Waals surface area contributed by atoms with E-state index < -0.39 is 28.9 Å². The van der Waals surface area contributed by atoms with E-state index in [1.165, 1.54) is 0 Å². The number of aliphatic carboxylic acids is 1. The Morgan fingerprint density at radius 2 is 1.69 bits per heavy atom. The molecule has 16 heavy (non-hydrogen) atoms. The number of amides is 1. The molecule has 0 radical (unpaired) electrons. The van der Waals surface area contributed by atoms with Gasteiger partial charge in [-0.15, -0.1) is 0 Å². The van der Waals surface area contributed by atoms with Crippen LogP contribution in [0.1, 0.15) is 34.1 Å². The van der Waals surface area contributed by atoms with Gasteiger partial charge in [-0.1, -0.05) is 0 Å². The Hall–Kier alpha value is -1.10. The molecule has 1 aliphatic rings. The zero-order chi connectivity index (χ0) is 12.7. The van der Waals surface area contributed by atoms with E-state index in [4.69, 9.17) is 5.11 Å². The van der Waals surface area contributed by atoms with Crippen molar-refractivity contribution in [2.75, 3.05) is 0 Å². The van der Waals surface area contributed by atoms with Crippen LogP contribution in [0.4, 0.5) is 0 Å². The van der Waals surface area contributed by atoms with Gasteiger partial charge in [0.2, 0.25) is 5.91 Å². The van der Waals surface area contributed by atoms with Crippen LogP contribution in [0.25, 0.3) is 0 Å². The van der Waals surface area contributed by atoms with Crippen LogP contribution in [0.3, 0.4) is 0 Å². The number of hydrogen-bond donors (Lipinski definition) is 3. The number of carboxylic acid groups (broad SMARTS) is 1. The largest absolute Gasteiger partial charge is 0.481 e. The van der Waals surface area contributed by atoms with Crippen LogP contribution in [-0.4, -0.2) is 33.2 Å². The Labute approximate surface area is 94.8 Å². The van der Waals surface area contributed by atoms with Crippen LogP contribution in [-0.2, 0) is 9.59 Å². The molecule has 0 heterocycles. The Morgan fingerprint density at radius 3 is 2.00 bits per heavy atom. The normalized spacial score (nSPS) is 25.1. The first-order chi connectivity index (χ1) is 7.06. The number of nitrogens with one attached hydrogen (secondary N) is 1. The van der Waals surface area contributed by atoms with Crippen LogP contribution in [0.15, 0.2) is 0 Å². The second kappa shape index (κ2) is 3.73. The second-order valence-corrected chi connectivity index (χ2v) is 5.46. The summed E-state index contributed by atoms with van der Waals surface area (Å²) in [6, 6.07) is 0. The summed E-state index contributed by atoms with van der Waals surface area (Å²) >= 11 is 0. The molecule has 0 aromatic rings. The zero-order valence-corrected chi connectivity index (χ0v) is 10.1. The summed E-state index contributed by atoms with van der Waals surface area (Å²) in [5.41, 5.74) is -1.84. The molecule has 92 valence electrons. The summed E-state index contributed by atoms with van der Waals surface area (Å²) in [7, 11) is 0. The first-order valence-corrected chi connectivity index (χ1v) is 5.33. The third-order valence-corrected chi connectivity index (χ3v) is 3.41. The molecule has 0 bridgehead atoms. The summed E-state index contributed by atoms with van der Waals surface area (Å²) in [5, 5.41) is 21.2. The molecule has 1 rings (SSSR count). The van der Waals surface area contributed by atoms with E-state index in [1.807, 2.05) is 0 Å². The van der Waals surface area contributed by atoms with Crippen LogP contribution >= 0.6 is 0 Å². The van der Waals surface area contributed by atoms with Crippen molar-refractivity contribution in [3.63, 3.8) is 0 Å². The third kappa shape index (κ3) is 2.52. The molecule has 0 unspecified atom stereocenters. The van der Waals surface area contributed by atoms with Crippen molar-refractivity contribution in [1.29, 1.82) is 0 Å². The maximum absolute atomic E-state index is 11.7. The van der Waals surface area contributed by atoms with Crippen molar-refractivity contribution in [2.24, 2.45) is 11.8 Å². The van der Waals surface area contributed by atoms with Crippen molar-refractivity contribution < 1.29 is 19.8 Å². The first kappa shape index (κ1) is 13.0. The highest BCUT2D eigenvalue weighted by Gasteiger charge is 2.50. The zero-order valence-electron chi connectivity index (χ0n) is 10.1. The molecular weight excluding hydrogens is 210 g/mol. The smallest absolute Gasteiger partial charge is 0.307 e. The fourth-order valence-electron chi connectivity index (χ4n) is 1.31. The molecule has 1 aliphatic carbocycles. The van der Waals surface area contributed by atoms with Gasteiger partial charge in [-0.3, -0.25) is 9.59 Å². The molecular formula is C11H19NO4. The quantitative estimate of drug-likeness (QED) is 0.650. The summed E-state index contributed by atoms with van der Waals surface area (Å²) < 4.78 is 0. The molecule has 5 nitrogen and oxygen atoms in total. The minimum atomic E-state index is -1.06. The van der Waals surface area contributed by atoms with Gasteiger partial charge in [0.25, 0.3) is 0 Å². The van der Waals surface area contributed by atoms with Crippen molar-refractivity contribution in [2.45, 2.75) is 45.3 Å². The second-order valence-electron chi connectivity index (χ2n) is 5.46. The van der Waals surface area contributed by atoms with Gasteiger partial charge in [0.15, 0.2) is 0 Å². The van der Waals surface area contributed by atoms with Crippen molar-refractivity contribution in [1.82, 2.24) is 5.32 Å². The summed E-state index contributed by atoms with van der Waals surface area (Å²) in [6.45, 7) is 6.63. The van der Waals surface area contributed by atoms with Gasteiger partial charge in [-0.2, -0.15) is 0 Å². The average molecular weight is 229 g/mol. The first-order valence-electron chi connectivity index (χ1n) is 5.33. The molecule has 2 atom stereocenters. The SMILES string of the molecule is CC(C)(O)C(C)(C)NC(=O)[C@@H]1C[C@@H]1C(=O)O. The van der Waals surface area contributed by atoms with E-state index in [0.717, 1.165) is 0 Å². The molecule has 1 fully saturated rings. The lowest BCUT2D eigenvalue weighted by molar-refractivity contribution is -0.140. The Balaban J connectivity index is 2.57. The average Bonchev–Trinajstić information content (AvgIpc) is 2.78. The van der Waals surface area contributed by atoms with Crippen molar-refractivity contribution in [3.8, 4) is 0 Å². The number of carbonyl (C=O) groups excluding carboxylic acids is 1. The van der Waals surface area contributed by atoms with Crippen LogP contribution < -0.4 is 5.32 Å². The fraction of sp³-hybridized carbons (Fsp3) is 0.818. The van der Waals surface area contributed by atoms with E-state index in [-0.39, 0.29) is 5.91 Å². The predicted molar refractivity (Wildman–Crippen MR) is 57.8 cm³/mol. The van der Waals surface area contributed by atoms with Gasteiger partial charge in [-0.05, 0) is 34.1 Å². The molecule has 5 heteroatoms. The van der Waals surface area contributed by atoms with Gasteiger partial charge in [0.1, 0.15) is 0 Å².